The quantitative estimate of drug-likeness (QED) is 0.749. The van der Waals surface area contributed by atoms with Crippen molar-refractivity contribution in [3.05, 3.63) is 23.9 Å². The third-order valence-corrected chi connectivity index (χ3v) is 2.61. The Hall–Kier alpha value is -1.60. The molecule has 0 aliphatic carbocycles. The highest BCUT2D eigenvalue weighted by atomic mass is 15.2. The van der Waals surface area contributed by atoms with Crippen molar-refractivity contribution >= 4 is 5.82 Å². The molecule has 0 bridgehead atoms. The van der Waals surface area contributed by atoms with Gasteiger partial charge in [0.25, 0.3) is 0 Å². The minimum Gasteiger partial charge on any atom is -0.357 e. The molecule has 0 fully saturated rings. The monoisotopic (exact) mass is 232 g/mol. The Morgan fingerprint density at radius 3 is 2.71 bits per heavy atom. The molecule has 0 aromatic carbocycles. The van der Waals surface area contributed by atoms with Gasteiger partial charge in [-0.3, -0.25) is 0 Å². The molecule has 0 unspecified atom stereocenters. The maximum Gasteiger partial charge on any atom is 0.129 e. The number of hydrogen-bond acceptors (Lipinski definition) is 4. The van der Waals surface area contributed by atoms with Gasteiger partial charge in [0.05, 0.1) is 11.6 Å². The van der Waals surface area contributed by atoms with Gasteiger partial charge in [0, 0.05) is 19.3 Å². The summed E-state index contributed by atoms with van der Waals surface area (Å²) in [7, 11) is 4.15. The molecule has 92 valence electrons. The van der Waals surface area contributed by atoms with Crippen molar-refractivity contribution in [2.75, 3.05) is 38.6 Å². The van der Waals surface area contributed by atoms with E-state index in [4.69, 9.17) is 5.26 Å². The van der Waals surface area contributed by atoms with Crippen molar-refractivity contribution in [1.82, 2.24) is 9.88 Å². The van der Waals surface area contributed by atoms with Crippen LogP contribution in [0.4, 0.5) is 5.82 Å². The summed E-state index contributed by atoms with van der Waals surface area (Å²) in [5.41, 5.74) is 0.668. The van der Waals surface area contributed by atoms with Gasteiger partial charge in [0.2, 0.25) is 0 Å². The summed E-state index contributed by atoms with van der Waals surface area (Å²) in [4.78, 5) is 8.69. The number of nitrogens with zero attached hydrogens (tertiary/aromatic N) is 4. The molecule has 0 spiro atoms. The molecule has 0 aliphatic rings. The van der Waals surface area contributed by atoms with Gasteiger partial charge in [0.1, 0.15) is 5.82 Å². The van der Waals surface area contributed by atoms with E-state index in [1.807, 2.05) is 6.07 Å². The van der Waals surface area contributed by atoms with E-state index in [9.17, 15) is 0 Å². The van der Waals surface area contributed by atoms with E-state index >= 15 is 0 Å². The van der Waals surface area contributed by atoms with Gasteiger partial charge in [-0.25, -0.2) is 4.98 Å². The summed E-state index contributed by atoms with van der Waals surface area (Å²) in [6.45, 7) is 5.05. The summed E-state index contributed by atoms with van der Waals surface area (Å²) >= 11 is 0. The third-order valence-electron chi connectivity index (χ3n) is 2.61. The van der Waals surface area contributed by atoms with E-state index in [1.54, 1.807) is 12.3 Å². The van der Waals surface area contributed by atoms with Crippen molar-refractivity contribution in [3.63, 3.8) is 0 Å². The van der Waals surface area contributed by atoms with E-state index in [0.717, 1.165) is 31.9 Å². The molecular formula is C13H20N4. The molecule has 1 aromatic heterocycles. The van der Waals surface area contributed by atoms with Crippen LogP contribution in [-0.2, 0) is 0 Å². The van der Waals surface area contributed by atoms with Crippen LogP contribution in [-0.4, -0.2) is 43.6 Å². The maximum absolute atomic E-state index is 8.86. The van der Waals surface area contributed by atoms with Crippen molar-refractivity contribution in [2.45, 2.75) is 13.3 Å². The number of hydrogen-bond donors (Lipinski definition) is 0. The topological polar surface area (TPSA) is 43.2 Å². The zero-order valence-electron chi connectivity index (χ0n) is 10.8. The number of anilines is 1. The zero-order valence-corrected chi connectivity index (χ0v) is 10.8. The van der Waals surface area contributed by atoms with Crippen LogP contribution in [0.15, 0.2) is 18.3 Å². The van der Waals surface area contributed by atoms with Crippen LogP contribution in [0.1, 0.15) is 18.9 Å². The van der Waals surface area contributed by atoms with E-state index in [-0.39, 0.29) is 0 Å². The molecule has 0 aliphatic heterocycles. The summed E-state index contributed by atoms with van der Waals surface area (Å²) in [5, 5.41) is 8.86. The van der Waals surface area contributed by atoms with Crippen molar-refractivity contribution in [3.8, 4) is 6.07 Å². The summed E-state index contributed by atoms with van der Waals surface area (Å²) in [5.74, 6) is 0.894. The molecule has 1 rings (SSSR count). The van der Waals surface area contributed by atoms with E-state index in [2.05, 4.69) is 41.9 Å². The lowest BCUT2D eigenvalue weighted by atomic mass is 10.2. The number of pyridine rings is 1. The average Bonchev–Trinajstić information content (AvgIpc) is 2.34. The number of aromatic nitrogens is 1. The van der Waals surface area contributed by atoms with Crippen LogP contribution >= 0.6 is 0 Å². The molecule has 0 radical (unpaired) electrons. The molecule has 1 aromatic rings. The second-order valence-corrected chi connectivity index (χ2v) is 4.25. The van der Waals surface area contributed by atoms with Gasteiger partial charge in [0.15, 0.2) is 0 Å². The Bertz CT molecular complexity index is 381. The summed E-state index contributed by atoms with van der Waals surface area (Å²) in [6.07, 6.45) is 2.79. The lowest BCUT2D eigenvalue weighted by molar-refractivity contribution is 0.400. The highest BCUT2D eigenvalue weighted by Gasteiger charge is 2.06. The van der Waals surface area contributed by atoms with Crippen molar-refractivity contribution in [1.29, 1.82) is 5.26 Å². The Labute approximate surface area is 103 Å². The van der Waals surface area contributed by atoms with E-state index in [1.165, 1.54) is 0 Å². The van der Waals surface area contributed by atoms with Crippen LogP contribution in [0.3, 0.4) is 0 Å². The van der Waals surface area contributed by atoms with Crippen LogP contribution in [0.25, 0.3) is 0 Å². The average molecular weight is 232 g/mol. The number of rotatable bonds is 6. The molecule has 0 saturated heterocycles. The lowest BCUT2D eigenvalue weighted by Crippen LogP contribution is -2.27. The predicted octanol–water partition coefficient (Wildman–Crippen LogP) is 1.73. The van der Waals surface area contributed by atoms with Crippen LogP contribution in [0, 0.1) is 11.3 Å². The fourth-order valence-corrected chi connectivity index (χ4v) is 1.67. The number of nitriles is 1. The maximum atomic E-state index is 8.86. The largest absolute Gasteiger partial charge is 0.357 e. The van der Waals surface area contributed by atoms with Crippen LogP contribution < -0.4 is 4.90 Å². The Morgan fingerprint density at radius 1 is 1.35 bits per heavy atom. The summed E-state index contributed by atoms with van der Waals surface area (Å²) < 4.78 is 0. The van der Waals surface area contributed by atoms with Gasteiger partial charge in [-0.15, -0.1) is 0 Å². The van der Waals surface area contributed by atoms with Gasteiger partial charge < -0.3 is 9.80 Å². The lowest BCUT2D eigenvalue weighted by Gasteiger charge is -2.22. The Balaban J connectivity index is 2.63. The van der Waals surface area contributed by atoms with Crippen LogP contribution in [0.2, 0.25) is 0 Å². The fourth-order valence-electron chi connectivity index (χ4n) is 1.67. The molecule has 0 amide bonds. The standard InChI is InChI=1S/C13H20N4/c1-4-17(9-5-8-16(2)3)13-10-12(11-14)6-7-15-13/h6-7,10H,4-5,8-9H2,1-3H3. The zero-order chi connectivity index (χ0) is 12.7. The predicted molar refractivity (Wildman–Crippen MR) is 70.0 cm³/mol. The Kier molecular flexibility index (Phi) is 5.44. The molecule has 0 atom stereocenters. The van der Waals surface area contributed by atoms with Gasteiger partial charge in [-0.1, -0.05) is 0 Å². The third kappa shape index (κ3) is 4.41. The molecule has 4 heteroatoms. The van der Waals surface area contributed by atoms with Crippen molar-refractivity contribution < 1.29 is 0 Å². The molecule has 17 heavy (non-hydrogen) atoms. The second-order valence-electron chi connectivity index (χ2n) is 4.25. The van der Waals surface area contributed by atoms with Gasteiger partial charge in [-0.05, 0) is 46.1 Å². The Morgan fingerprint density at radius 2 is 2.12 bits per heavy atom. The molecule has 0 saturated carbocycles. The molecular weight excluding hydrogens is 212 g/mol. The second kappa shape index (κ2) is 6.87. The minimum absolute atomic E-state index is 0.668. The molecule has 4 nitrogen and oxygen atoms in total. The SMILES string of the molecule is CCN(CCCN(C)C)c1cc(C#N)ccn1. The fraction of sp³-hybridized carbons (Fsp3) is 0.538. The molecule has 1 heterocycles. The normalized spacial score (nSPS) is 10.3. The first kappa shape index (κ1) is 13.5. The van der Waals surface area contributed by atoms with Gasteiger partial charge >= 0.3 is 0 Å². The highest BCUT2D eigenvalue weighted by Crippen LogP contribution is 2.12. The summed E-state index contributed by atoms with van der Waals surface area (Å²) in [6, 6.07) is 5.73. The van der Waals surface area contributed by atoms with Crippen molar-refractivity contribution in [2.24, 2.45) is 0 Å². The van der Waals surface area contributed by atoms with Gasteiger partial charge in [-0.2, -0.15) is 5.26 Å². The first-order valence-electron chi connectivity index (χ1n) is 5.93. The first-order chi connectivity index (χ1) is 8.17. The van der Waals surface area contributed by atoms with E-state index in [0.29, 0.717) is 5.56 Å². The van der Waals surface area contributed by atoms with Crippen LogP contribution in [0.5, 0.6) is 0 Å². The highest BCUT2D eigenvalue weighted by molar-refractivity contribution is 5.44. The first-order valence-corrected chi connectivity index (χ1v) is 5.93. The smallest absolute Gasteiger partial charge is 0.129 e. The molecule has 0 N–H and O–H groups in total. The minimum atomic E-state index is 0.668. The van der Waals surface area contributed by atoms with E-state index < -0.39 is 0 Å².